The van der Waals surface area contributed by atoms with E-state index >= 15 is 0 Å². The van der Waals surface area contributed by atoms with Gasteiger partial charge in [0.05, 0.1) is 5.39 Å². The van der Waals surface area contributed by atoms with Gasteiger partial charge in [-0.2, -0.15) is 0 Å². The van der Waals surface area contributed by atoms with E-state index in [1.54, 1.807) is 6.33 Å². The van der Waals surface area contributed by atoms with E-state index in [0.717, 1.165) is 48.7 Å². The number of nitrogens with zero attached hydrogens (tertiary/aromatic N) is 3. The fourth-order valence-corrected chi connectivity index (χ4v) is 5.38. The highest BCUT2D eigenvalue weighted by Gasteiger charge is 2.19. The lowest BCUT2D eigenvalue weighted by atomic mass is 9.97. The Morgan fingerprint density at radius 1 is 1.10 bits per heavy atom. The summed E-state index contributed by atoms with van der Waals surface area (Å²) >= 11 is 1.81. The maximum atomic E-state index is 12.4. The van der Waals surface area contributed by atoms with Crippen LogP contribution >= 0.6 is 11.3 Å². The van der Waals surface area contributed by atoms with Crippen molar-refractivity contribution in [1.82, 2.24) is 20.2 Å². The number of rotatable bonds is 9. The molecule has 1 aliphatic carbocycles. The standard InChI is InChI=1S/C24H31N5OS/c1-3-29(4-2)14-13-25-23(30)18-11-9-17(10-12-18)15-26-22-21-19-7-5-6-8-20(19)31-24(21)28-16-27-22/h9-12,16H,3-8,13-15H2,1-2H3,(H,25,30)(H,26,27,28). The lowest BCUT2D eigenvalue weighted by Gasteiger charge is -2.18. The third-order valence-corrected chi connectivity index (χ3v) is 7.24. The highest BCUT2D eigenvalue weighted by molar-refractivity contribution is 7.19. The number of likely N-dealkylation sites (N-methyl/N-ethyl adjacent to an activating group) is 1. The lowest BCUT2D eigenvalue weighted by Crippen LogP contribution is -2.34. The molecule has 0 aliphatic heterocycles. The number of thiophene rings is 1. The molecule has 0 spiro atoms. The van der Waals surface area contributed by atoms with Crippen LogP contribution in [0.1, 0.15) is 53.1 Å². The Kier molecular flexibility index (Phi) is 7.14. The van der Waals surface area contributed by atoms with Crippen molar-refractivity contribution in [2.75, 3.05) is 31.5 Å². The molecule has 0 unspecified atom stereocenters. The number of anilines is 1. The molecule has 1 aliphatic rings. The smallest absolute Gasteiger partial charge is 0.251 e. The van der Waals surface area contributed by atoms with Crippen LogP contribution in [0.5, 0.6) is 0 Å². The first kappa shape index (κ1) is 21.7. The summed E-state index contributed by atoms with van der Waals surface area (Å²) in [5, 5.41) is 7.71. The van der Waals surface area contributed by atoms with Crippen molar-refractivity contribution in [2.24, 2.45) is 0 Å². The van der Waals surface area contributed by atoms with Crippen LogP contribution in [0.4, 0.5) is 5.82 Å². The van der Waals surface area contributed by atoms with E-state index in [-0.39, 0.29) is 5.91 Å². The number of hydrogen-bond donors (Lipinski definition) is 2. The number of carbonyl (C=O) groups excluding carboxylic acids is 1. The first-order valence-corrected chi connectivity index (χ1v) is 12.1. The molecule has 2 aromatic heterocycles. The van der Waals surface area contributed by atoms with Crippen LogP contribution in [0, 0.1) is 0 Å². The van der Waals surface area contributed by atoms with Crippen molar-refractivity contribution in [3.63, 3.8) is 0 Å². The Labute approximate surface area is 188 Å². The van der Waals surface area contributed by atoms with E-state index < -0.39 is 0 Å². The van der Waals surface area contributed by atoms with Gasteiger partial charge in [0, 0.05) is 30.1 Å². The van der Waals surface area contributed by atoms with E-state index in [9.17, 15) is 4.79 Å². The fraction of sp³-hybridized carbons (Fsp3) is 0.458. The zero-order valence-electron chi connectivity index (χ0n) is 18.4. The summed E-state index contributed by atoms with van der Waals surface area (Å²) in [6.07, 6.45) is 6.44. The molecule has 0 fully saturated rings. The molecule has 0 atom stereocenters. The van der Waals surface area contributed by atoms with Gasteiger partial charge in [-0.1, -0.05) is 26.0 Å². The Bertz CT molecular complexity index is 1030. The summed E-state index contributed by atoms with van der Waals surface area (Å²) in [5.74, 6) is 0.900. The Hall–Kier alpha value is -2.51. The first-order valence-electron chi connectivity index (χ1n) is 11.3. The normalized spacial score (nSPS) is 13.4. The van der Waals surface area contributed by atoms with E-state index in [2.05, 4.69) is 39.3 Å². The van der Waals surface area contributed by atoms with Crippen molar-refractivity contribution in [2.45, 2.75) is 46.1 Å². The number of amides is 1. The second-order valence-electron chi connectivity index (χ2n) is 7.95. The summed E-state index contributed by atoms with van der Waals surface area (Å²) in [6.45, 7) is 8.48. The van der Waals surface area contributed by atoms with Crippen molar-refractivity contribution in [3.05, 3.63) is 52.2 Å². The fourth-order valence-electron chi connectivity index (χ4n) is 4.15. The molecule has 2 N–H and O–H groups in total. The number of aromatic nitrogens is 2. The topological polar surface area (TPSA) is 70.2 Å². The second kappa shape index (κ2) is 10.2. The van der Waals surface area contributed by atoms with Crippen molar-refractivity contribution in [1.29, 1.82) is 0 Å². The van der Waals surface area contributed by atoms with E-state index in [4.69, 9.17) is 0 Å². The van der Waals surface area contributed by atoms with Gasteiger partial charge in [0.25, 0.3) is 5.91 Å². The predicted molar refractivity (Wildman–Crippen MR) is 128 cm³/mol. The Balaban J connectivity index is 1.37. The summed E-state index contributed by atoms with van der Waals surface area (Å²) < 4.78 is 0. The van der Waals surface area contributed by atoms with Crippen LogP contribution < -0.4 is 10.6 Å². The third-order valence-electron chi connectivity index (χ3n) is 6.04. The summed E-state index contributed by atoms with van der Waals surface area (Å²) in [4.78, 5) is 26.3. The van der Waals surface area contributed by atoms with Crippen LogP contribution in [0.25, 0.3) is 10.2 Å². The molecule has 0 radical (unpaired) electrons. The van der Waals surface area contributed by atoms with Crippen molar-refractivity contribution in [3.8, 4) is 0 Å². The molecule has 1 amide bonds. The number of nitrogens with one attached hydrogen (secondary N) is 2. The van der Waals surface area contributed by atoms with Crippen LogP contribution in [0.2, 0.25) is 0 Å². The average molecular weight is 438 g/mol. The number of fused-ring (bicyclic) bond motifs is 3. The number of aryl methyl sites for hydroxylation is 2. The maximum Gasteiger partial charge on any atom is 0.251 e. The molecule has 2 heterocycles. The Morgan fingerprint density at radius 3 is 2.65 bits per heavy atom. The zero-order valence-corrected chi connectivity index (χ0v) is 19.2. The highest BCUT2D eigenvalue weighted by Crippen LogP contribution is 2.38. The van der Waals surface area contributed by atoms with E-state index in [0.29, 0.717) is 18.7 Å². The maximum absolute atomic E-state index is 12.4. The van der Waals surface area contributed by atoms with Gasteiger partial charge in [0.2, 0.25) is 0 Å². The summed E-state index contributed by atoms with van der Waals surface area (Å²) in [5.41, 5.74) is 3.25. The van der Waals surface area contributed by atoms with Crippen LogP contribution in [0.3, 0.4) is 0 Å². The molecule has 0 bridgehead atoms. The molecule has 3 aromatic rings. The molecule has 0 saturated heterocycles. The van der Waals surface area contributed by atoms with Gasteiger partial charge in [0.15, 0.2) is 0 Å². The second-order valence-corrected chi connectivity index (χ2v) is 9.03. The van der Waals surface area contributed by atoms with Gasteiger partial charge in [-0.15, -0.1) is 11.3 Å². The molecule has 31 heavy (non-hydrogen) atoms. The van der Waals surface area contributed by atoms with Gasteiger partial charge >= 0.3 is 0 Å². The number of carbonyl (C=O) groups is 1. The molecule has 4 rings (SSSR count). The quantitative estimate of drug-likeness (QED) is 0.524. The number of hydrogen-bond acceptors (Lipinski definition) is 6. The minimum Gasteiger partial charge on any atom is -0.365 e. The van der Waals surface area contributed by atoms with Crippen LogP contribution in [-0.4, -0.2) is 47.0 Å². The summed E-state index contributed by atoms with van der Waals surface area (Å²) in [6, 6.07) is 7.80. The van der Waals surface area contributed by atoms with Crippen LogP contribution in [-0.2, 0) is 19.4 Å². The molecule has 0 saturated carbocycles. The van der Waals surface area contributed by atoms with E-state index in [1.165, 1.54) is 28.7 Å². The first-order chi connectivity index (χ1) is 15.2. The van der Waals surface area contributed by atoms with Gasteiger partial charge in [0.1, 0.15) is 17.0 Å². The molecule has 164 valence electrons. The largest absolute Gasteiger partial charge is 0.365 e. The molecule has 1 aromatic carbocycles. The van der Waals surface area contributed by atoms with Crippen LogP contribution in [0.15, 0.2) is 30.6 Å². The molecule has 6 nitrogen and oxygen atoms in total. The third kappa shape index (κ3) is 5.05. The van der Waals surface area contributed by atoms with Gasteiger partial charge in [-0.3, -0.25) is 4.79 Å². The van der Waals surface area contributed by atoms with Gasteiger partial charge in [-0.05, 0) is 62.0 Å². The molecular weight excluding hydrogens is 406 g/mol. The monoisotopic (exact) mass is 437 g/mol. The van der Waals surface area contributed by atoms with Gasteiger partial charge < -0.3 is 15.5 Å². The minimum absolute atomic E-state index is 0.0194. The molecule has 7 heteroatoms. The van der Waals surface area contributed by atoms with Gasteiger partial charge in [-0.25, -0.2) is 9.97 Å². The highest BCUT2D eigenvalue weighted by atomic mass is 32.1. The Morgan fingerprint density at radius 2 is 1.87 bits per heavy atom. The predicted octanol–water partition coefficient (Wildman–Crippen LogP) is 4.25. The zero-order chi connectivity index (χ0) is 21.6. The van der Waals surface area contributed by atoms with E-state index in [1.807, 2.05) is 35.6 Å². The number of benzene rings is 1. The minimum atomic E-state index is -0.0194. The van der Waals surface area contributed by atoms with Crippen molar-refractivity contribution < 1.29 is 4.79 Å². The SMILES string of the molecule is CCN(CC)CCNC(=O)c1ccc(CNc2ncnc3sc4c(c23)CCCC4)cc1. The summed E-state index contributed by atoms with van der Waals surface area (Å²) in [7, 11) is 0. The molecular formula is C24H31N5OS. The van der Waals surface area contributed by atoms with Crippen molar-refractivity contribution >= 4 is 33.3 Å². The lowest BCUT2D eigenvalue weighted by molar-refractivity contribution is 0.0949. The average Bonchev–Trinajstić information content (AvgIpc) is 3.20.